The van der Waals surface area contributed by atoms with Crippen LogP contribution in [0.25, 0.3) is 53.9 Å². The van der Waals surface area contributed by atoms with Crippen LogP contribution in [0.4, 0.5) is 5.69 Å². The number of hydrogen-bond donors (Lipinski definition) is 2. The van der Waals surface area contributed by atoms with E-state index < -0.39 is 0 Å². The minimum atomic E-state index is 0.947. The Morgan fingerprint density at radius 2 is 0.964 bits per heavy atom. The number of fused-ring (bicyclic) bond motifs is 6. The molecule has 6 rings (SSSR count). The highest BCUT2D eigenvalue weighted by Crippen LogP contribution is 2.35. The van der Waals surface area contributed by atoms with Crippen LogP contribution in [0.1, 0.15) is 0 Å². The molecule has 2 nitrogen and oxygen atoms in total. The summed E-state index contributed by atoms with van der Waals surface area (Å²) in [6.07, 6.45) is 0. The molecule has 0 unspecified atom stereocenters. The van der Waals surface area contributed by atoms with Gasteiger partial charge in [0.2, 0.25) is 0 Å². The number of rotatable bonds is 1. The van der Waals surface area contributed by atoms with Crippen molar-refractivity contribution in [3.8, 4) is 0 Å². The topological polar surface area (TPSA) is 38.0 Å². The van der Waals surface area contributed by atoms with Crippen LogP contribution in [-0.4, -0.2) is 0 Å². The number of nitrogens with two attached hydrogens (primary N) is 1. The minimum absolute atomic E-state index is 0.947. The maximum absolute atomic E-state index is 5.75. The summed E-state index contributed by atoms with van der Waals surface area (Å²) in [5.41, 5.74) is 3.78. The lowest BCUT2D eigenvalue weighted by atomic mass is 9.94. The lowest BCUT2D eigenvalue weighted by Crippen LogP contribution is -2.06. The van der Waals surface area contributed by atoms with Gasteiger partial charge in [0, 0.05) is 5.39 Å². The normalized spacial score (nSPS) is 11.8. The molecule has 0 bridgehead atoms. The van der Waals surface area contributed by atoms with Crippen molar-refractivity contribution < 1.29 is 0 Å². The second-order valence-corrected chi connectivity index (χ2v) is 7.43. The molecule has 2 heteroatoms. The molecule has 0 fully saturated rings. The molecule has 0 amide bonds. The number of nitrogen functional groups attached to an aromatic ring is 1. The van der Waals surface area contributed by atoms with Gasteiger partial charge in [-0.25, -0.2) is 0 Å². The average Bonchev–Trinajstić information content (AvgIpc) is 2.74. The Balaban J connectivity index is 1.76. The maximum Gasteiger partial charge on any atom is 0.0563 e. The molecule has 6 aromatic rings. The SMILES string of the molecule is NNc1cccc2cc3ccc4cc5cc6ccccc6cc5cc4c3cc12. The van der Waals surface area contributed by atoms with Crippen LogP contribution < -0.4 is 11.3 Å². The molecule has 6 aromatic carbocycles. The van der Waals surface area contributed by atoms with Crippen LogP contribution in [0.2, 0.25) is 0 Å². The zero-order valence-corrected chi connectivity index (χ0v) is 15.2. The van der Waals surface area contributed by atoms with Crippen LogP contribution in [0.5, 0.6) is 0 Å². The molecule has 0 spiro atoms. The largest absolute Gasteiger partial charge is 0.324 e. The molecule has 132 valence electrons. The van der Waals surface area contributed by atoms with E-state index in [0.717, 1.165) is 11.1 Å². The zero-order valence-electron chi connectivity index (χ0n) is 15.2. The Kier molecular flexibility index (Phi) is 3.14. The molecule has 0 aliphatic carbocycles. The quantitative estimate of drug-likeness (QED) is 0.148. The zero-order chi connectivity index (χ0) is 18.7. The Bertz CT molecular complexity index is 1550. The average molecular weight is 358 g/mol. The van der Waals surface area contributed by atoms with Gasteiger partial charge in [0.1, 0.15) is 0 Å². The molecular formula is C26H18N2. The van der Waals surface area contributed by atoms with Crippen molar-refractivity contribution in [2.24, 2.45) is 5.84 Å². The first-order chi connectivity index (χ1) is 13.8. The fourth-order valence-corrected chi connectivity index (χ4v) is 4.40. The van der Waals surface area contributed by atoms with Crippen LogP contribution in [0, 0.1) is 0 Å². The van der Waals surface area contributed by atoms with E-state index in [4.69, 9.17) is 5.84 Å². The number of nitrogens with one attached hydrogen (secondary N) is 1. The maximum atomic E-state index is 5.75. The minimum Gasteiger partial charge on any atom is -0.324 e. The summed E-state index contributed by atoms with van der Waals surface area (Å²) < 4.78 is 0. The first-order valence-electron chi connectivity index (χ1n) is 9.48. The van der Waals surface area contributed by atoms with E-state index in [0.29, 0.717) is 0 Å². The molecule has 0 radical (unpaired) electrons. The fourth-order valence-electron chi connectivity index (χ4n) is 4.40. The van der Waals surface area contributed by atoms with Crippen molar-refractivity contribution in [3.05, 3.63) is 91.0 Å². The highest BCUT2D eigenvalue weighted by Gasteiger charge is 2.07. The summed E-state index contributed by atoms with van der Waals surface area (Å²) in [6, 6.07) is 32.9. The summed E-state index contributed by atoms with van der Waals surface area (Å²) in [7, 11) is 0. The van der Waals surface area contributed by atoms with Crippen molar-refractivity contribution in [1.82, 2.24) is 0 Å². The monoisotopic (exact) mass is 358 g/mol. The summed E-state index contributed by atoms with van der Waals surface area (Å²) in [4.78, 5) is 0. The van der Waals surface area contributed by atoms with E-state index in [-0.39, 0.29) is 0 Å². The Morgan fingerprint density at radius 1 is 0.429 bits per heavy atom. The van der Waals surface area contributed by atoms with Gasteiger partial charge in [-0.1, -0.05) is 48.5 Å². The molecule has 0 atom stereocenters. The molecule has 28 heavy (non-hydrogen) atoms. The molecule has 0 aliphatic heterocycles. The smallest absolute Gasteiger partial charge is 0.0563 e. The number of anilines is 1. The summed E-state index contributed by atoms with van der Waals surface area (Å²) >= 11 is 0. The van der Waals surface area contributed by atoms with Crippen molar-refractivity contribution in [1.29, 1.82) is 0 Å². The molecule has 0 saturated heterocycles. The van der Waals surface area contributed by atoms with E-state index in [9.17, 15) is 0 Å². The van der Waals surface area contributed by atoms with Gasteiger partial charge in [0.15, 0.2) is 0 Å². The third kappa shape index (κ3) is 2.19. The van der Waals surface area contributed by atoms with Gasteiger partial charge in [-0.05, 0) is 90.9 Å². The van der Waals surface area contributed by atoms with Crippen molar-refractivity contribution >= 4 is 59.5 Å². The standard InChI is InChI=1S/C26H18N2/c27-28-26-7-3-6-18-12-19-8-9-20-13-21-10-16-4-1-2-5-17(16)11-22(21)14-23(20)24(19)15-25(18)26/h1-15,28H,27H2. The first kappa shape index (κ1) is 15.4. The van der Waals surface area contributed by atoms with Gasteiger partial charge in [-0.3, -0.25) is 5.84 Å². The van der Waals surface area contributed by atoms with E-state index in [1.165, 1.54) is 48.5 Å². The predicted octanol–water partition coefficient (Wildman–Crippen LogP) is 6.74. The molecule has 3 N–H and O–H groups in total. The third-order valence-corrected chi connectivity index (χ3v) is 5.81. The summed E-state index contributed by atoms with van der Waals surface area (Å²) in [6.45, 7) is 0. The lowest BCUT2D eigenvalue weighted by Gasteiger charge is -2.11. The highest BCUT2D eigenvalue weighted by molar-refractivity contribution is 6.17. The van der Waals surface area contributed by atoms with Crippen molar-refractivity contribution in [2.45, 2.75) is 0 Å². The van der Waals surface area contributed by atoms with E-state index >= 15 is 0 Å². The summed E-state index contributed by atoms with van der Waals surface area (Å²) in [5.74, 6) is 5.75. The highest BCUT2D eigenvalue weighted by atomic mass is 15.2. The van der Waals surface area contributed by atoms with Gasteiger partial charge in [-0.15, -0.1) is 0 Å². The summed E-state index contributed by atoms with van der Waals surface area (Å²) in [5, 5.41) is 12.4. The Morgan fingerprint density at radius 3 is 1.68 bits per heavy atom. The van der Waals surface area contributed by atoms with Crippen molar-refractivity contribution in [2.75, 3.05) is 5.43 Å². The van der Waals surface area contributed by atoms with Crippen LogP contribution >= 0.6 is 0 Å². The van der Waals surface area contributed by atoms with E-state index in [1.54, 1.807) is 0 Å². The first-order valence-corrected chi connectivity index (χ1v) is 9.48. The Hall–Kier alpha value is -3.62. The Labute approximate surface area is 162 Å². The van der Waals surface area contributed by atoms with Gasteiger partial charge >= 0.3 is 0 Å². The third-order valence-electron chi connectivity index (χ3n) is 5.81. The molecule has 0 heterocycles. The van der Waals surface area contributed by atoms with E-state index in [2.05, 4.69) is 84.3 Å². The second kappa shape index (κ2) is 5.69. The predicted molar refractivity (Wildman–Crippen MR) is 122 cm³/mol. The molecule has 0 saturated carbocycles. The van der Waals surface area contributed by atoms with Gasteiger partial charge < -0.3 is 5.43 Å². The lowest BCUT2D eigenvalue weighted by molar-refractivity contribution is 1.37. The van der Waals surface area contributed by atoms with Gasteiger partial charge in [0.05, 0.1) is 5.69 Å². The molecule has 0 aromatic heterocycles. The van der Waals surface area contributed by atoms with Crippen molar-refractivity contribution in [3.63, 3.8) is 0 Å². The van der Waals surface area contributed by atoms with Crippen LogP contribution in [0.3, 0.4) is 0 Å². The van der Waals surface area contributed by atoms with E-state index in [1.807, 2.05) is 12.1 Å². The molecule has 0 aliphatic rings. The fraction of sp³-hybridized carbons (Fsp3) is 0. The number of benzene rings is 6. The van der Waals surface area contributed by atoms with Gasteiger partial charge in [-0.2, -0.15) is 0 Å². The van der Waals surface area contributed by atoms with Crippen LogP contribution in [-0.2, 0) is 0 Å². The number of hydrogen-bond acceptors (Lipinski definition) is 2. The molecular weight excluding hydrogens is 340 g/mol. The number of hydrazine groups is 1. The van der Waals surface area contributed by atoms with Gasteiger partial charge in [0.25, 0.3) is 0 Å². The van der Waals surface area contributed by atoms with Crippen LogP contribution in [0.15, 0.2) is 91.0 Å². The second-order valence-electron chi connectivity index (χ2n) is 7.43.